The molecule has 7 heteroatoms. The first kappa shape index (κ1) is 21.8. The Morgan fingerprint density at radius 2 is 1.96 bits per heavy atom. The molecule has 28 heavy (non-hydrogen) atoms. The standard InChI is InChI=1S/C21H31N3O4/c1-17(2)21(26)23(11-7-12-27-4)16-20(25)24(15-19-9-6-13-28-19)14-18-8-5-10-22(18)3/h5-6,8-10,13,17H,7,11-12,14-16H2,1-4H3. The van der Waals surface area contributed by atoms with E-state index in [-0.39, 0.29) is 24.3 Å². The van der Waals surface area contributed by atoms with Crippen molar-refractivity contribution in [1.29, 1.82) is 0 Å². The molecule has 0 aliphatic rings. The molecule has 0 fully saturated rings. The van der Waals surface area contributed by atoms with Gasteiger partial charge in [0.2, 0.25) is 11.8 Å². The van der Waals surface area contributed by atoms with E-state index in [4.69, 9.17) is 9.15 Å². The minimum atomic E-state index is -0.165. The summed E-state index contributed by atoms with van der Waals surface area (Å²) in [6, 6.07) is 7.59. The molecule has 0 saturated heterocycles. The second-order valence-electron chi connectivity index (χ2n) is 7.20. The Labute approximate surface area is 166 Å². The quantitative estimate of drug-likeness (QED) is 0.554. The molecule has 0 bridgehead atoms. The fourth-order valence-corrected chi connectivity index (χ4v) is 2.97. The van der Waals surface area contributed by atoms with Gasteiger partial charge in [0.15, 0.2) is 0 Å². The molecular weight excluding hydrogens is 358 g/mol. The average Bonchev–Trinajstić information content (AvgIpc) is 3.31. The minimum Gasteiger partial charge on any atom is -0.467 e. The Morgan fingerprint density at radius 3 is 2.54 bits per heavy atom. The monoisotopic (exact) mass is 389 g/mol. The van der Waals surface area contributed by atoms with Crippen molar-refractivity contribution in [2.24, 2.45) is 13.0 Å². The second kappa shape index (κ2) is 10.7. The molecule has 2 heterocycles. The van der Waals surface area contributed by atoms with Gasteiger partial charge in [0, 0.05) is 45.1 Å². The van der Waals surface area contributed by atoms with Crippen molar-refractivity contribution in [3.05, 3.63) is 48.2 Å². The molecule has 2 rings (SSSR count). The molecule has 154 valence electrons. The molecule has 0 saturated carbocycles. The van der Waals surface area contributed by atoms with Gasteiger partial charge in [0.25, 0.3) is 0 Å². The van der Waals surface area contributed by atoms with E-state index in [1.165, 1.54) is 0 Å². The Balaban J connectivity index is 2.13. The Hall–Kier alpha value is -2.54. The van der Waals surface area contributed by atoms with Gasteiger partial charge in [0.1, 0.15) is 5.76 Å². The highest BCUT2D eigenvalue weighted by molar-refractivity contribution is 5.85. The van der Waals surface area contributed by atoms with E-state index >= 15 is 0 Å². The van der Waals surface area contributed by atoms with Gasteiger partial charge in [0.05, 0.1) is 25.9 Å². The molecule has 0 spiro atoms. The lowest BCUT2D eigenvalue weighted by Gasteiger charge is -2.28. The van der Waals surface area contributed by atoms with E-state index in [1.54, 1.807) is 29.2 Å². The number of methoxy groups -OCH3 is 1. The first-order chi connectivity index (χ1) is 13.4. The number of carbonyl (C=O) groups excluding carboxylic acids is 2. The fourth-order valence-electron chi connectivity index (χ4n) is 2.97. The molecule has 0 atom stereocenters. The van der Waals surface area contributed by atoms with Crippen LogP contribution in [0.1, 0.15) is 31.7 Å². The molecule has 0 aromatic carbocycles. The van der Waals surface area contributed by atoms with Crippen LogP contribution >= 0.6 is 0 Å². The van der Waals surface area contributed by atoms with Gasteiger partial charge in [-0.1, -0.05) is 13.8 Å². The molecular formula is C21H31N3O4. The summed E-state index contributed by atoms with van der Waals surface area (Å²) in [7, 11) is 3.58. The lowest BCUT2D eigenvalue weighted by atomic mass is 10.2. The van der Waals surface area contributed by atoms with Crippen LogP contribution in [0, 0.1) is 5.92 Å². The summed E-state index contributed by atoms with van der Waals surface area (Å²) < 4.78 is 12.5. The van der Waals surface area contributed by atoms with Crippen LogP contribution in [0.3, 0.4) is 0 Å². The van der Waals surface area contributed by atoms with Crippen LogP contribution in [0.5, 0.6) is 0 Å². The lowest BCUT2D eigenvalue weighted by Crippen LogP contribution is -2.44. The number of ether oxygens (including phenoxy) is 1. The molecule has 0 N–H and O–H groups in total. The predicted molar refractivity (Wildman–Crippen MR) is 106 cm³/mol. The highest BCUT2D eigenvalue weighted by Gasteiger charge is 2.24. The highest BCUT2D eigenvalue weighted by atomic mass is 16.5. The van der Waals surface area contributed by atoms with Gasteiger partial charge in [-0.3, -0.25) is 9.59 Å². The average molecular weight is 389 g/mol. The van der Waals surface area contributed by atoms with Crippen LogP contribution < -0.4 is 0 Å². The Kier molecular flexibility index (Phi) is 8.32. The van der Waals surface area contributed by atoms with Crippen molar-refractivity contribution in [2.75, 3.05) is 26.8 Å². The first-order valence-corrected chi connectivity index (χ1v) is 9.60. The zero-order chi connectivity index (χ0) is 20.5. The zero-order valence-corrected chi connectivity index (χ0v) is 17.3. The fraction of sp³-hybridized carbons (Fsp3) is 0.524. The number of amides is 2. The van der Waals surface area contributed by atoms with Crippen molar-refractivity contribution < 1.29 is 18.7 Å². The maximum atomic E-state index is 13.1. The van der Waals surface area contributed by atoms with Gasteiger partial charge in [-0.15, -0.1) is 0 Å². The number of hydrogen-bond donors (Lipinski definition) is 0. The number of carbonyl (C=O) groups is 2. The molecule has 0 aliphatic heterocycles. The second-order valence-corrected chi connectivity index (χ2v) is 7.20. The number of furan rings is 1. The molecule has 0 radical (unpaired) electrons. The van der Waals surface area contributed by atoms with Crippen LogP contribution in [0.25, 0.3) is 0 Å². The largest absolute Gasteiger partial charge is 0.467 e. The summed E-state index contributed by atoms with van der Waals surface area (Å²) in [5, 5.41) is 0. The Morgan fingerprint density at radius 1 is 1.18 bits per heavy atom. The van der Waals surface area contributed by atoms with Crippen molar-refractivity contribution in [3.8, 4) is 0 Å². The van der Waals surface area contributed by atoms with E-state index in [9.17, 15) is 9.59 Å². The van der Waals surface area contributed by atoms with Crippen molar-refractivity contribution in [2.45, 2.75) is 33.4 Å². The number of rotatable bonds is 11. The van der Waals surface area contributed by atoms with E-state index < -0.39 is 0 Å². The number of aromatic nitrogens is 1. The van der Waals surface area contributed by atoms with E-state index in [1.807, 2.05) is 49.9 Å². The van der Waals surface area contributed by atoms with E-state index in [0.29, 0.717) is 38.4 Å². The number of hydrogen-bond acceptors (Lipinski definition) is 4. The summed E-state index contributed by atoms with van der Waals surface area (Å²) in [5.41, 5.74) is 1.01. The normalized spacial score (nSPS) is 11.0. The molecule has 2 amide bonds. The molecule has 2 aromatic rings. The number of nitrogens with zero attached hydrogens (tertiary/aromatic N) is 3. The smallest absolute Gasteiger partial charge is 0.242 e. The maximum Gasteiger partial charge on any atom is 0.242 e. The molecule has 0 unspecified atom stereocenters. The molecule has 0 aliphatic carbocycles. The van der Waals surface area contributed by atoms with Gasteiger partial charge in [-0.2, -0.15) is 0 Å². The van der Waals surface area contributed by atoms with Gasteiger partial charge in [-0.05, 0) is 30.7 Å². The van der Waals surface area contributed by atoms with Gasteiger partial charge < -0.3 is 23.5 Å². The molecule has 7 nitrogen and oxygen atoms in total. The van der Waals surface area contributed by atoms with Crippen molar-refractivity contribution in [3.63, 3.8) is 0 Å². The topological polar surface area (TPSA) is 67.9 Å². The van der Waals surface area contributed by atoms with Crippen LogP contribution in [-0.2, 0) is 34.5 Å². The summed E-state index contributed by atoms with van der Waals surface area (Å²) in [6.07, 6.45) is 4.24. The van der Waals surface area contributed by atoms with Crippen LogP contribution in [0.15, 0.2) is 41.1 Å². The summed E-state index contributed by atoms with van der Waals surface area (Å²) in [5.74, 6) is 0.413. The van der Waals surface area contributed by atoms with Gasteiger partial charge >= 0.3 is 0 Å². The number of aryl methyl sites for hydroxylation is 1. The maximum absolute atomic E-state index is 13.1. The van der Waals surface area contributed by atoms with Crippen molar-refractivity contribution >= 4 is 11.8 Å². The summed E-state index contributed by atoms with van der Waals surface area (Å²) >= 11 is 0. The first-order valence-electron chi connectivity index (χ1n) is 9.60. The zero-order valence-electron chi connectivity index (χ0n) is 17.3. The molecule has 2 aromatic heterocycles. The summed E-state index contributed by atoms with van der Waals surface area (Å²) in [4.78, 5) is 29.1. The van der Waals surface area contributed by atoms with Crippen LogP contribution in [0.2, 0.25) is 0 Å². The summed E-state index contributed by atoms with van der Waals surface area (Å²) in [6.45, 7) is 5.60. The lowest BCUT2D eigenvalue weighted by molar-refractivity contribution is -0.143. The predicted octanol–water partition coefficient (Wildman–Crippen LogP) is 2.67. The third-order valence-corrected chi connectivity index (χ3v) is 4.59. The third-order valence-electron chi connectivity index (χ3n) is 4.59. The van der Waals surface area contributed by atoms with Crippen LogP contribution in [-0.4, -0.2) is 53.0 Å². The van der Waals surface area contributed by atoms with Crippen LogP contribution in [0.4, 0.5) is 0 Å². The SMILES string of the molecule is COCCCN(CC(=O)N(Cc1ccco1)Cc1cccn1C)C(=O)C(C)C. The van der Waals surface area contributed by atoms with E-state index in [2.05, 4.69) is 0 Å². The highest BCUT2D eigenvalue weighted by Crippen LogP contribution is 2.13. The third kappa shape index (κ3) is 6.27. The minimum absolute atomic E-state index is 0.0266. The van der Waals surface area contributed by atoms with Gasteiger partial charge in [-0.25, -0.2) is 0 Å². The van der Waals surface area contributed by atoms with Crippen molar-refractivity contribution in [1.82, 2.24) is 14.4 Å². The van der Waals surface area contributed by atoms with E-state index in [0.717, 1.165) is 5.69 Å². The Bertz CT molecular complexity index is 737.